The highest BCUT2D eigenvalue weighted by atomic mass is 31.2. The summed E-state index contributed by atoms with van der Waals surface area (Å²) in [5.74, 6) is -0.829. The summed E-state index contributed by atoms with van der Waals surface area (Å²) >= 11 is 0. The zero-order valence-corrected chi connectivity index (χ0v) is 64.5. The number of allylic oxidation sites excluding steroid dienone is 18. The lowest BCUT2D eigenvalue weighted by molar-refractivity contribution is -0.870. The van der Waals surface area contributed by atoms with Crippen LogP contribution in [-0.4, -0.2) is 74.9 Å². The number of hydrogen-bond acceptors (Lipinski definition) is 7. The lowest BCUT2D eigenvalue weighted by atomic mass is 10.0. The van der Waals surface area contributed by atoms with Crippen molar-refractivity contribution >= 4 is 19.8 Å². The average molecular weight is 1360 g/mol. The molecule has 0 radical (unpaired) electrons. The number of phosphoric acid groups is 1. The van der Waals surface area contributed by atoms with E-state index < -0.39 is 26.5 Å². The highest BCUT2D eigenvalue weighted by Gasteiger charge is 2.27. The van der Waals surface area contributed by atoms with Gasteiger partial charge in [0.1, 0.15) is 19.8 Å². The first kappa shape index (κ1) is 92.7. The second-order valence-corrected chi connectivity index (χ2v) is 29.9. The van der Waals surface area contributed by atoms with Crippen molar-refractivity contribution in [3.05, 3.63) is 109 Å². The molecule has 0 aromatic rings. The number of quaternary nitrogens is 1. The molecular weight excluding hydrogens is 1210 g/mol. The van der Waals surface area contributed by atoms with Crippen LogP contribution in [0, 0.1) is 0 Å². The van der Waals surface area contributed by atoms with Gasteiger partial charge in [0.05, 0.1) is 27.7 Å². The summed E-state index contributed by atoms with van der Waals surface area (Å²) in [6, 6.07) is 0. The SMILES string of the molecule is CC/C=C\C/C=C\C/C=C\C/C=C\C/C=C\C/C=C\C/C=C\C/C=C\C/C=C\CCCCCC(=O)OC(COC(=O)CCCCCCCCCCCCCCCCCCCCCCCCCCCCCCCCCCCCCCCCCCC)COP(=O)(O)OCC[N+](C)(C)C. The third-order valence-electron chi connectivity index (χ3n) is 17.8. The van der Waals surface area contributed by atoms with Crippen LogP contribution >= 0.6 is 7.82 Å². The molecule has 0 fully saturated rings. The number of rotatable bonds is 75. The summed E-state index contributed by atoms with van der Waals surface area (Å²) in [6.07, 6.45) is 108. The lowest BCUT2D eigenvalue weighted by Gasteiger charge is -2.24. The van der Waals surface area contributed by atoms with Gasteiger partial charge in [0.2, 0.25) is 0 Å². The molecule has 0 spiro atoms. The second-order valence-electron chi connectivity index (χ2n) is 28.4. The summed E-state index contributed by atoms with van der Waals surface area (Å²) in [4.78, 5) is 35.9. The Balaban J connectivity index is 3.97. The van der Waals surface area contributed by atoms with Gasteiger partial charge in [-0.15, -0.1) is 0 Å². The molecule has 0 bridgehead atoms. The van der Waals surface area contributed by atoms with Crippen LogP contribution in [0.15, 0.2) is 109 Å². The van der Waals surface area contributed by atoms with Crippen LogP contribution in [0.25, 0.3) is 0 Å². The Labute approximate surface area is 595 Å². The zero-order valence-electron chi connectivity index (χ0n) is 63.6. The molecule has 10 heteroatoms. The van der Waals surface area contributed by atoms with Crippen molar-refractivity contribution in [1.29, 1.82) is 0 Å². The number of carbonyl (C=O) groups excluding carboxylic acids is 2. The van der Waals surface area contributed by atoms with Crippen molar-refractivity contribution < 1.29 is 42.1 Å². The Bertz CT molecular complexity index is 1990. The summed E-state index contributed by atoms with van der Waals surface area (Å²) in [5.41, 5.74) is 0. The first-order chi connectivity index (χ1) is 47.0. The van der Waals surface area contributed by atoms with Crippen LogP contribution < -0.4 is 0 Å². The number of hydrogen-bond donors (Lipinski definition) is 1. The average Bonchev–Trinajstić information content (AvgIpc) is 1.97. The topological polar surface area (TPSA) is 108 Å². The Morgan fingerprint density at radius 3 is 0.885 bits per heavy atom. The number of ether oxygens (including phenoxy) is 2. The van der Waals surface area contributed by atoms with E-state index in [9.17, 15) is 19.0 Å². The van der Waals surface area contributed by atoms with E-state index in [-0.39, 0.29) is 32.0 Å². The summed E-state index contributed by atoms with van der Waals surface area (Å²) in [6.45, 7) is 4.32. The molecule has 556 valence electrons. The molecule has 0 aliphatic rings. The van der Waals surface area contributed by atoms with Crippen molar-refractivity contribution in [2.75, 3.05) is 47.5 Å². The molecule has 0 saturated carbocycles. The number of carbonyl (C=O) groups is 2. The summed E-state index contributed by atoms with van der Waals surface area (Å²) in [5, 5.41) is 0. The molecule has 0 saturated heterocycles. The van der Waals surface area contributed by atoms with E-state index in [0.29, 0.717) is 17.4 Å². The van der Waals surface area contributed by atoms with Crippen molar-refractivity contribution in [2.45, 2.75) is 380 Å². The van der Waals surface area contributed by atoms with Gasteiger partial charge in [-0.2, -0.15) is 0 Å². The van der Waals surface area contributed by atoms with Crippen molar-refractivity contribution in [3.8, 4) is 0 Å². The van der Waals surface area contributed by atoms with Crippen LogP contribution in [0.4, 0.5) is 0 Å². The molecule has 0 heterocycles. The van der Waals surface area contributed by atoms with E-state index in [1.807, 2.05) is 21.1 Å². The van der Waals surface area contributed by atoms with E-state index in [2.05, 4.69) is 123 Å². The normalized spacial score (nSPS) is 13.6. The molecule has 0 aliphatic carbocycles. The first-order valence-corrected chi connectivity index (χ1v) is 42.1. The first-order valence-electron chi connectivity index (χ1n) is 40.6. The van der Waals surface area contributed by atoms with Crippen LogP contribution in [0.3, 0.4) is 0 Å². The van der Waals surface area contributed by atoms with E-state index in [1.54, 1.807) is 0 Å². The fourth-order valence-corrected chi connectivity index (χ4v) is 12.4. The van der Waals surface area contributed by atoms with E-state index in [0.717, 1.165) is 96.3 Å². The quantitative estimate of drug-likeness (QED) is 0.0211. The van der Waals surface area contributed by atoms with Crippen LogP contribution in [0.2, 0.25) is 0 Å². The smallest absolute Gasteiger partial charge is 0.462 e. The molecule has 9 nitrogen and oxygen atoms in total. The maximum absolute atomic E-state index is 12.9. The third-order valence-corrected chi connectivity index (χ3v) is 18.8. The Morgan fingerprint density at radius 1 is 0.333 bits per heavy atom. The molecule has 96 heavy (non-hydrogen) atoms. The summed E-state index contributed by atoms with van der Waals surface area (Å²) < 4.78 is 34.7. The van der Waals surface area contributed by atoms with Crippen LogP contribution in [-0.2, 0) is 32.7 Å². The lowest BCUT2D eigenvalue weighted by Crippen LogP contribution is -2.37. The minimum absolute atomic E-state index is 0.0207. The van der Waals surface area contributed by atoms with Gasteiger partial charge >= 0.3 is 19.8 Å². The number of likely N-dealkylation sites (N-methyl/N-ethyl adjacent to an activating group) is 1. The highest BCUT2D eigenvalue weighted by molar-refractivity contribution is 7.47. The van der Waals surface area contributed by atoms with Crippen LogP contribution in [0.1, 0.15) is 373 Å². The standard InChI is InChI=1S/C86H154NO8P/c1-6-8-10-12-14-16-18-20-22-24-26-28-30-32-34-36-38-39-40-41-42-43-44-45-46-47-49-50-52-54-56-58-60-62-64-66-68-70-72-74-76-78-85(88)92-82-84(83-94-96(90,91)93-81-80-87(3,4)5)95-86(89)79-77-75-73-71-69-67-65-63-61-59-57-55-53-51-48-37-35-33-31-29-27-25-23-21-19-17-15-13-11-9-7-2/h9,11,15,17,21,23,27,29,33,35,48,51,55,57,61,63,67,69,84H,6-8,10,12-14,16,18-20,22,24-26,28,30-32,34,36-47,49-50,52-54,56,58-60,62,64-66,68,70-83H2,1-5H3/p+1/b11-9-,17-15-,23-21-,29-27-,35-33-,51-48-,57-55-,63-61-,69-67-. The zero-order chi connectivity index (χ0) is 69.7. The van der Waals surface area contributed by atoms with Gasteiger partial charge in [-0.3, -0.25) is 18.6 Å². The second kappa shape index (κ2) is 75.9. The highest BCUT2D eigenvalue weighted by Crippen LogP contribution is 2.43. The minimum Gasteiger partial charge on any atom is -0.462 e. The van der Waals surface area contributed by atoms with Gasteiger partial charge in [0.25, 0.3) is 0 Å². The van der Waals surface area contributed by atoms with Gasteiger partial charge in [-0.05, 0) is 83.5 Å². The van der Waals surface area contributed by atoms with Gasteiger partial charge in [-0.1, -0.05) is 386 Å². The fourth-order valence-electron chi connectivity index (χ4n) is 11.7. The molecule has 0 aliphatic heterocycles. The molecule has 2 unspecified atom stereocenters. The van der Waals surface area contributed by atoms with Gasteiger partial charge in [-0.25, -0.2) is 4.57 Å². The predicted molar refractivity (Wildman–Crippen MR) is 418 cm³/mol. The Kier molecular flexibility index (Phi) is 73.2. The molecule has 1 N–H and O–H groups in total. The van der Waals surface area contributed by atoms with E-state index in [4.69, 9.17) is 18.5 Å². The van der Waals surface area contributed by atoms with Crippen LogP contribution in [0.5, 0.6) is 0 Å². The van der Waals surface area contributed by atoms with Crippen molar-refractivity contribution in [2.24, 2.45) is 0 Å². The van der Waals surface area contributed by atoms with E-state index >= 15 is 0 Å². The number of esters is 2. The summed E-state index contributed by atoms with van der Waals surface area (Å²) in [7, 11) is 1.45. The number of nitrogens with zero attached hydrogens (tertiary/aromatic N) is 1. The van der Waals surface area contributed by atoms with Gasteiger partial charge in [0, 0.05) is 12.8 Å². The monoisotopic (exact) mass is 1360 g/mol. The maximum Gasteiger partial charge on any atom is 0.472 e. The molecule has 0 aromatic carbocycles. The number of unbranched alkanes of at least 4 members (excludes halogenated alkanes) is 43. The maximum atomic E-state index is 12.9. The number of phosphoric ester groups is 1. The molecular formula is C86H155NO8P+. The molecule has 0 rings (SSSR count). The Hall–Kier alpha value is -3.33. The minimum atomic E-state index is -4.41. The van der Waals surface area contributed by atoms with Crippen molar-refractivity contribution in [3.63, 3.8) is 0 Å². The van der Waals surface area contributed by atoms with E-state index in [1.165, 1.54) is 244 Å². The third kappa shape index (κ3) is 79.7. The molecule has 0 amide bonds. The largest absolute Gasteiger partial charge is 0.472 e. The van der Waals surface area contributed by atoms with Gasteiger partial charge in [0.15, 0.2) is 6.10 Å². The Morgan fingerprint density at radius 2 is 0.594 bits per heavy atom. The predicted octanol–water partition coefficient (Wildman–Crippen LogP) is 27.2. The fraction of sp³-hybridized carbons (Fsp3) is 0.767. The van der Waals surface area contributed by atoms with Gasteiger partial charge < -0.3 is 18.9 Å². The molecule has 0 aromatic heterocycles. The molecule has 2 atom stereocenters. The van der Waals surface area contributed by atoms with Crippen molar-refractivity contribution in [1.82, 2.24) is 0 Å².